The van der Waals surface area contributed by atoms with Gasteiger partial charge in [0.2, 0.25) is 0 Å². The first-order chi connectivity index (χ1) is 10.6. The molecule has 1 unspecified atom stereocenters. The molecular formula is C15H19N5O2. The van der Waals surface area contributed by atoms with E-state index in [0.717, 1.165) is 29.8 Å². The van der Waals surface area contributed by atoms with E-state index in [1.807, 2.05) is 17.7 Å². The number of nitrogens with two attached hydrogens (primary N) is 1. The average Bonchev–Trinajstić information content (AvgIpc) is 2.87. The molecule has 1 atom stereocenters. The van der Waals surface area contributed by atoms with Crippen molar-refractivity contribution >= 4 is 5.69 Å². The van der Waals surface area contributed by atoms with Gasteiger partial charge in [-0.2, -0.15) is 0 Å². The molecule has 0 radical (unpaired) electrons. The quantitative estimate of drug-likeness (QED) is 0.673. The minimum Gasteiger partial charge on any atom is -0.326 e. The summed E-state index contributed by atoms with van der Waals surface area (Å²) in [6.45, 7) is 0.283. The van der Waals surface area contributed by atoms with Gasteiger partial charge in [-0.3, -0.25) is 10.1 Å². The monoisotopic (exact) mass is 301 g/mol. The molecule has 1 aliphatic carbocycles. The number of aromatic nitrogens is 3. The number of nitrogens with zero attached hydrogens (tertiary/aromatic N) is 4. The van der Waals surface area contributed by atoms with Crippen molar-refractivity contribution in [1.29, 1.82) is 0 Å². The van der Waals surface area contributed by atoms with Crippen molar-refractivity contribution in [3.8, 4) is 0 Å². The molecule has 1 heterocycles. The molecule has 0 aliphatic heterocycles. The minimum absolute atomic E-state index is 0.0337. The number of non-ortho nitro benzene ring substituents is 1. The zero-order valence-electron chi connectivity index (χ0n) is 12.5. The highest BCUT2D eigenvalue weighted by Crippen LogP contribution is 2.43. The van der Waals surface area contributed by atoms with Gasteiger partial charge in [-0.1, -0.05) is 12.5 Å². The Bertz CT molecular complexity index is 693. The highest BCUT2D eigenvalue weighted by Gasteiger charge is 2.33. The summed E-state index contributed by atoms with van der Waals surface area (Å²) in [5.74, 6) is 1.34. The Kier molecular flexibility index (Phi) is 3.89. The average molecular weight is 301 g/mol. The highest BCUT2D eigenvalue weighted by molar-refractivity contribution is 5.43. The number of benzene rings is 1. The molecule has 1 aromatic carbocycles. The second-order valence-electron chi connectivity index (χ2n) is 5.86. The van der Waals surface area contributed by atoms with Crippen LogP contribution in [0, 0.1) is 16.0 Å². The summed E-state index contributed by atoms with van der Waals surface area (Å²) in [5, 5.41) is 19.4. The van der Waals surface area contributed by atoms with Crippen molar-refractivity contribution in [2.24, 2.45) is 18.7 Å². The minimum atomic E-state index is -0.364. The largest absolute Gasteiger partial charge is 0.326 e. The van der Waals surface area contributed by atoms with Gasteiger partial charge < -0.3 is 10.3 Å². The van der Waals surface area contributed by atoms with Gasteiger partial charge in [-0.25, -0.2) is 0 Å². The van der Waals surface area contributed by atoms with Gasteiger partial charge in [0.15, 0.2) is 0 Å². The van der Waals surface area contributed by atoms with Gasteiger partial charge in [0.05, 0.1) is 4.92 Å². The Morgan fingerprint density at radius 3 is 2.73 bits per heavy atom. The maximum Gasteiger partial charge on any atom is 0.270 e. The van der Waals surface area contributed by atoms with E-state index >= 15 is 0 Å². The van der Waals surface area contributed by atoms with Crippen LogP contribution in [0.25, 0.3) is 0 Å². The van der Waals surface area contributed by atoms with Crippen molar-refractivity contribution in [3.05, 3.63) is 51.6 Å². The van der Waals surface area contributed by atoms with E-state index in [9.17, 15) is 10.1 Å². The smallest absolute Gasteiger partial charge is 0.270 e. The first-order valence-corrected chi connectivity index (χ1v) is 7.42. The van der Waals surface area contributed by atoms with Gasteiger partial charge in [0.25, 0.3) is 5.69 Å². The standard InChI is InChI=1S/C15H19N5O2/c1-19-9-17-18-15(19)14(11-3-2-4-11)12-5-10(8-16)6-13(7-12)20(21)22/h5-7,9,11,14H,2-4,8,16H2,1H3. The topological polar surface area (TPSA) is 99.9 Å². The van der Waals surface area contributed by atoms with E-state index in [1.165, 1.54) is 12.5 Å². The molecule has 116 valence electrons. The van der Waals surface area contributed by atoms with Crippen LogP contribution in [0.5, 0.6) is 0 Å². The Morgan fingerprint density at radius 1 is 1.45 bits per heavy atom. The van der Waals surface area contributed by atoms with E-state index in [0.29, 0.717) is 5.92 Å². The van der Waals surface area contributed by atoms with Gasteiger partial charge in [-0.15, -0.1) is 10.2 Å². The van der Waals surface area contributed by atoms with Crippen molar-refractivity contribution in [1.82, 2.24) is 14.8 Å². The number of rotatable bonds is 5. The Labute approximate surface area is 128 Å². The molecule has 7 heteroatoms. The number of hydrogen-bond acceptors (Lipinski definition) is 5. The van der Waals surface area contributed by atoms with Crippen LogP contribution in [0.2, 0.25) is 0 Å². The SMILES string of the molecule is Cn1cnnc1C(c1cc(CN)cc([N+](=O)[O-])c1)C1CCC1. The molecule has 0 saturated heterocycles. The molecule has 3 rings (SSSR count). The summed E-state index contributed by atoms with van der Waals surface area (Å²) >= 11 is 0. The summed E-state index contributed by atoms with van der Waals surface area (Å²) in [7, 11) is 1.90. The molecule has 2 aromatic rings. The third kappa shape index (κ3) is 2.59. The van der Waals surface area contributed by atoms with E-state index < -0.39 is 0 Å². The summed E-state index contributed by atoms with van der Waals surface area (Å²) in [5.41, 5.74) is 7.48. The van der Waals surface area contributed by atoms with Crippen LogP contribution in [0.1, 0.15) is 42.1 Å². The summed E-state index contributed by atoms with van der Waals surface area (Å²) in [6, 6.07) is 5.15. The highest BCUT2D eigenvalue weighted by atomic mass is 16.6. The van der Waals surface area contributed by atoms with Gasteiger partial charge in [0, 0.05) is 31.6 Å². The molecule has 1 aromatic heterocycles. The Balaban J connectivity index is 2.09. The molecule has 1 fully saturated rings. The van der Waals surface area contributed by atoms with Crippen molar-refractivity contribution < 1.29 is 4.92 Å². The van der Waals surface area contributed by atoms with Crippen LogP contribution in [-0.2, 0) is 13.6 Å². The lowest BCUT2D eigenvalue weighted by Crippen LogP contribution is -2.24. The fraction of sp³-hybridized carbons (Fsp3) is 0.467. The lowest BCUT2D eigenvalue weighted by molar-refractivity contribution is -0.385. The molecule has 1 saturated carbocycles. The van der Waals surface area contributed by atoms with Crippen LogP contribution >= 0.6 is 0 Å². The van der Waals surface area contributed by atoms with Crippen LogP contribution in [0.3, 0.4) is 0 Å². The van der Waals surface area contributed by atoms with Gasteiger partial charge >= 0.3 is 0 Å². The van der Waals surface area contributed by atoms with Crippen LogP contribution in [0.15, 0.2) is 24.5 Å². The van der Waals surface area contributed by atoms with Crippen LogP contribution in [0.4, 0.5) is 5.69 Å². The zero-order valence-corrected chi connectivity index (χ0v) is 12.5. The first-order valence-electron chi connectivity index (χ1n) is 7.42. The zero-order chi connectivity index (χ0) is 15.7. The summed E-state index contributed by atoms with van der Waals surface area (Å²) in [4.78, 5) is 10.8. The number of aryl methyl sites for hydroxylation is 1. The molecular weight excluding hydrogens is 282 g/mol. The third-order valence-corrected chi connectivity index (χ3v) is 4.45. The maximum absolute atomic E-state index is 11.2. The number of nitro groups is 1. The van der Waals surface area contributed by atoms with Crippen molar-refractivity contribution in [3.63, 3.8) is 0 Å². The molecule has 0 bridgehead atoms. The van der Waals surface area contributed by atoms with Crippen LogP contribution in [-0.4, -0.2) is 19.7 Å². The molecule has 0 amide bonds. The molecule has 0 spiro atoms. The maximum atomic E-state index is 11.2. The summed E-state index contributed by atoms with van der Waals surface area (Å²) in [6.07, 6.45) is 5.08. The van der Waals surface area contributed by atoms with Gasteiger partial charge in [0.1, 0.15) is 12.2 Å². The molecule has 22 heavy (non-hydrogen) atoms. The number of hydrogen-bond donors (Lipinski definition) is 1. The van der Waals surface area contributed by atoms with E-state index in [-0.39, 0.29) is 23.1 Å². The third-order valence-electron chi connectivity index (χ3n) is 4.45. The van der Waals surface area contributed by atoms with E-state index in [2.05, 4.69) is 10.2 Å². The molecule has 1 aliphatic rings. The summed E-state index contributed by atoms with van der Waals surface area (Å²) < 4.78 is 1.89. The number of nitro benzene ring substituents is 1. The second kappa shape index (κ2) is 5.84. The van der Waals surface area contributed by atoms with E-state index in [1.54, 1.807) is 12.4 Å². The fourth-order valence-electron chi connectivity index (χ4n) is 3.08. The lowest BCUT2D eigenvalue weighted by Gasteiger charge is -2.33. The van der Waals surface area contributed by atoms with E-state index in [4.69, 9.17) is 5.73 Å². The molecule has 7 nitrogen and oxygen atoms in total. The molecule has 2 N–H and O–H groups in total. The predicted molar refractivity (Wildman–Crippen MR) is 81.2 cm³/mol. The first kappa shape index (κ1) is 14.6. The van der Waals surface area contributed by atoms with Crippen LogP contribution < -0.4 is 5.73 Å². The second-order valence-corrected chi connectivity index (χ2v) is 5.86. The van der Waals surface area contributed by atoms with Crippen molar-refractivity contribution in [2.75, 3.05) is 0 Å². The lowest BCUT2D eigenvalue weighted by atomic mass is 9.72. The Hall–Kier alpha value is -2.28. The Morgan fingerprint density at radius 2 is 2.23 bits per heavy atom. The normalized spacial score (nSPS) is 16.3. The fourth-order valence-corrected chi connectivity index (χ4v) is 3.08. The predicted octanol–water partition coefficient (Wildman–Crippen LogP) is 2.11. The van der Waals surface area contributed by atoms with Gasteiger partial charge in [-0.05, 0) is 29.9 Å². The van der Waals surface area contributed by atoms with Crippen molar-refractivity contribution in [2.45, 2.75) is 31.7 Å².